The van der Waals surface area contributed by atoms with E-state index in [1.54, 1.807) is 27.8 Å². The third-order valence-corrected chi connectivity index (χ3v) is 3.86. The largest absolute Gasteiger partial charge is 0.508 e. The van der Waals surface area contributed by atoms with E-state index in [0.29, 0.717) is 0 Å². The molecule has 114 valence electrons. The zero-order valence-corrected chi connectivity index (χ0v) is 12.4. The molecule has 0 saturated heterocycles. The van der Waals surface area contributed by atoms with Crippen LogP contribution in [-0.4, -0.2) is 34.9 Å². The number of fused-ring (bicyclic) bond motifs is 1. The number of aryl methyl sites for hydroxylation is 1. The molecule has 4 aromatic rings. The molecule has 1 atom stereocenters. The summed E-state index contributed by atoms with van der Waals surface area (Å²) in [5.74, 6) is 0.234. The Morgan fingerprint density at radius 3 is 2.57 bits per heavy atom. The lowest BCUT2D eigenvalue weighted by molar-refractivity contribution is 0.474. The van der Waals surface area contributed by atoms with Crippen molar-refractivity contribution >= 4 is 11.0 Å². The first-order valence-electron chi connectivity index (χ1n) is 7.15. The first-order chi connectivity index (χ1) is 11.2. The Labute approximate surface area is 131 Å². The van der Waals surface area contributed by atoms with Crippen LogP contribution in [0.25, 0.3) is 11.0 Å². The standard InChI is InChI=1S/C16H14N6O/c1-21-15-8-12(4-7-14(15)19-20-21)16(22-10-17-9-18-22)11-2-5-13(23)6-3-11/h2-10,16,23H,1H3. The highest BCUT2D eigenvalue weighted by Crippen LogP contribution is 2.28. The quantitative estimate of drug-likeness (QED) is 0.625. The van der Waals surface area contributed by atoms with Gasteiger partial charge in [0, 0.05) is 7.05 Å². The van der Waals surface area contributed by atoms with Crippen LogP contribution in [0.4, 0.5) is 0 Å². The van der Waals surface area contributed by atoms with Crippen LogP contribution in [0.3, 0.4) is 0 Å². The summed E-state index contributed by atoms with van der Waals surface area (Å²) in [7, 11) is 1.87. The van der Waals surface area contributed by atoms with Gasteiger partial charge in [0.2, 0.25) is 0 Å². The monoisotopic (exact) mass is 306 g/mol. The second-order valence-corrected chi connectivity index (χ2v) is 5.33. The molecule has 0 aliphatic heterocycles. The van der Waals surface area contributed by atoms with Crippen LogP contribution in [0, 0.1) is 0 Å². The second kappa shape index (κ2) is 5.20. The smallest absolute Gasteiger partial charge is 0.137 e. The molecule has 23 heavy (non-hydrogen) atoms. The van der Waals surface area contributed by atoms with Crippen molar-refractivity contribution in [3.8, 4) is 5.75 Å². The van der Waals surface area contributed by atoms with E-state index < -0.39 is 0 Å². The van der Waals surface area contributed by atoms with E-state index in [0.717, 1.165) is 22.2 Å². The molecule has 7 heteroatoms. The van der Waals surface area contributed by atoms with Crippen LogP contribution in [-0.2, 0) is 7.05 Å². The zero-order valence-electron chi connectivity index (χ0n) is 12.4. The van der Waals surface area contributed by atoms with Gasteiger partial charge in [-0.2, -0.15) is 5.10 Å². The van der Waals surface area contributed by atoms with Crippen molar-refractivity contribution in [2.24, 2.45) is 7.05 Å². The third kappa shape index (κ3) is 2.32. The molecule has 0 amide bonds. The number of phenolic OH excluding ortho intramolecular Hbond substituents is 1. The van der Waals surface area contributed by atoms with Crippen LogP contribution in [0.2, 0.25) is 0 Å². The Bertz CT molecular complexity index is 943. The van der Waals surface area contributed by atoms with Crippen LogP contribution in [0.1, 0.15) is 17.2 Å². The normalized spacial score (nSPS) is 12.6. The summed E-state index contributed by atoms with van der Waals surface area (Å²) >= 11 is 0. The second-order valence-electron chi connectivity index (χ2n) is 5.33. The molecule has 1 unspecified atom stereocenters. The summed E-state index contributed by atoms with van der Waals surface area (Å²) in [6.45, 7) is 0. The molecule has 4 rings (SSSR count). The maximum absolute atomic E-state index is 9.53. The summed E-state index contributed by atoms with van der Waals surface area (Å²) in [5, 5.41) is 22.0. The predicted octanol–water partition coefficient (Wildman–Crippen LogP) is 1.90. The Kier molecular flexibility index (Phi) is 3.04. The summed E-state index contributed by atoms with van der Waals surface area (Å²) in [4.78, 5) is 4.05. The van der Waals surface area contributed by atoms with Gasteiger partial charge in [-0.25, -0.2) is 14.3 Å². The molecule has 7 nitrogen and oxygen atoms in total. The lowest BCUT2D eigenvalue weighted by Crippen LogP contribution is -2.13. The van der Waals surface area contributed by atoms with E-state index in [2.05, 4.69) is 26.5 Å². The Hall–Kier alpha value is -3.22. The average Bonchev–Trinajstić information content (AvgIpc) is 3.21. The van der Waals surface area contributed by atoms with Gasteiger partial charge in [0.15, 0.2) is 0 Å². The summed E-state index contributed by atoms with van der Waals surface area (Å²) in [6.07, 6.45) is 3.20. The Morgan fingerprint density at radius 2 is 1.83 bits per heavy atom. The minimum absolute atomic E-state index is 0.141. The van der Waals surface area contributed by atoms with Crippen molar-refractivity contribution < 1.29 is 5.11 Å². The molecular formula is C16H14N6O. The van der Waals surface area contributed by atoms with E-state index in [4.69, 9.17) is 0 Å². The molecule has 0 fully saturated rings. The fourth-order valence-electron chi connectivity index (χ4n) is 2.72. The summed E-state index contributed by atoms with van der Waals surface area (Å²) < 4.78 is 3.53. The average molecular weight is 306 g/mol. The first kappa shape index (κ1) is 13.4. The van der Waals surface area contributed by atoms with Crippen molar-refractivity contribution in [3.63, 3.8) is 0 Å². The molecule has 0 spiro atoms. The lowest BCUT2D eigenvalue weighted by atomic mass is 9.98. The number of aromatic hydroxyl groups is 1. The van der Waals surface area contributed by atoms with Gasteiger partial charge >= 0.3 is 0 Å². The van der Waals surface area contributed by atoms with E-state index in [1.165, 1.54) is 6.33 Å². The van der Waals surface area contributed by atoms with Gasteiger partial charge in [-0.05, 0) is 35.4 Å². The minimum Gasteiger partial charge on any atom is -0.508 e. The highest BCUT2D eigenvalue weighted by Gasteiger charge is 2.18. The minimum atomic E-state index is -0.141. The molecule has 0 bridgehead atoms. The van der Waals surface area contributed by atoms with Crippen molar-refractivity contribution in [2.45, 2.75) is 6.04 Å². The Balaban J connectivity index is 1.89. The molecule has 0 aliphatic rings. The molecule has 0 aliphatic carbocycles. The molecule has 0 saturated carbocycles. The van der Waals surface area contributed by atoms with Gasteiger partial charge in [-0.1, -0.05) is 23.4 Å². The third-order valence-electron chi connectivity index (χ3n) is 3.86. The molecule has 2 aromatic carbocycles. The van der Waals surface area contributed by atoms with Crippen LogP contribution >= 0.6 is 0 Å². The van der Waals surface area contributed by atoms with Gasteiger partial charge in [0.1, 0.15) is 30.0 Å². The van der Waals surface area contributed by atoms with E-state index in [1.807, 2.05) is 31.3 Å². The van der Waals surface area contributed by atoms with Crippen LogP contribution < -0.4 is 0 Å². The topological polar surface area (TPSA) is 81.6 Å². The van der Waals surface area contributed by atoms with Crippen molar-refractivity contribution in [1.82, 2.24) is 29.8 Å². The van der Waals surface area contributed by atoms with Crippen molar-refractivity contribution in [3.05, 3.63) is 66.2 Å². The number of hydrogen-bond donors (Lipinski definition) is 1. The molecule has 2 aromatic heterocycles. The van der Waals surface area contributed by atoms with Crippen molar-refractivity contribution in [1.29, 1.82) is 0 Å². The summed E-state index contributed by atoms with van der Waals surface area (Å²) in [5.41, 5.74) is 3.84. The fraction of sp³-hybridized carbons (Fsp3) is 0.125. The maximum atomic E-state index is 9.53. The maximum Gasteiger partial charge on any atom is 0.137 e. The molecule has 1 N–H and O–H groups in total. The molecule has 0 radical (unpaired) electrons. The van der Waals surface area contributed by atoms with Gasteiger partial charge < -0.3 is 5.11 Å². The summed E-state index contributed by atoms with van der Waals surface area (Å²) in [6, 6.07) is 13.0. The van der Waals surface area contributed by atoms with Gasteiger partial charge in [-0.15, -0.1) is 5.10 Å². The number of aromatic nitrogens is 6. The van der Waals surface area contributed by atoms with Crippen LogP contribution in [0.5, 0.6) is 5.75 Å². The highest BCUT2D eigenvalue weighted by atomic mass is 16.3. The number of phenols is 1. The molecule has 2 heterocycles. The first-order valence-corrected chi connectivity index (χ1v) is 7.15. The van der Waals surface area contributed by atoms with Gasteiger partial charge in [0.25, 0.3) is 0 Å². The predicted molar refractivity (Wildman–Crippen MR) is 83.9 cm³/mol. The SMILES string of the molecule is Cn1nnc2ccc(C(c3ccc(O)cc3)n3cncn3)cc21. The number of benzene rings is 2. The molecular weight excluding hydrogens is 292 g/mol. The lowest BCUT2D eigenvalue weighted by Gasteiger charge is -2.18. The number of nitrogens with zero attached hydrogens (tertiary/aromatic N) is 6. The van der Waals surface area contributed by atoms with Crippen LogP contribution in [0.15, 0.2) is 55.1 Å². The number of hydrogen-bond acceptors (Lipinski definition) is 5. The van der Waals surface area contributed by atoms with Crippen molar-refractivity contribution in [2.75, 3.05) is 0 Å². The number of rotatable bonds is 3. The fourth-order valence-corrected chi connectivity index (χ4v) is 2.72. The zero-order chi connectivity index (χ0) is 15.8. The van der Waals surface area contributed by atoms with E-state index in [-0.39, 0.29) is 11.8 Å². The highest BCUT2D eigenvalue weighted by molar-refractivity contribution is 5.75. The van der Waals surface area contributed by atoms with Gasteiger partial charge in [0.05, 0.1) is 5.52 Å². The Morgan fingerprint density at radius 1 is 1.04 bits per heavy atom. The van der Waals surface area contributed by atoms with E-state index in [9.17, 15) is 5.11 Å². The van der Waals surface area contributed by atoms with E-state index >= 15 is 0 Å². The van der Waals surface area contributed by atoms with Gasteiger partial charge in [-0.3, -0.25) is 0 Å².